The van der Waals surface area contributed by atoms with E-state index in [4.69, 9.17) is 0 Å². The molecule has 2 aliphatic rings. The second-order valence-corrected chi connectivity index (χ2v) is 14.2. The van der Waals surface area contributed by atoms with E-state index in [2.05, 4.69) is 34.9 Å². The molecule has 11 nitrogen and oxygen atoms in total. The van der Waals surface area contributed by atoms with Crippen molar-refractivity contribution in [3.8, 4) is 0 Å². The van der Waals surface area contributed by atoms with Crippen molar-refractivity contribution in [2.24, 2.45) is 0 Å². The Morgan fingerprint density at radius 3 is 2.15 bits per heavy atom. The smallest absolute Gasteiger partial charge is 0.240 e. The van der Waals surface area contributed by atoms with Crippen LogP contribution in [0.5, 0.6) is 0 Å². The molecule has 13 heteroatoms. The van der Waals surface area contributed by atoms with Gasteiger partial charge in [0.25, 0.3) is 0 Å². The quantitative estimate of drug-likeness (QED) is 0.266. The second kappa shape index (κ2) is 11.8. The van der Waals surface area contributed by atoms with Crippen LogP contribution < -0.4 is 20.1 Å². The van der Waals surface area contributed by atoms with Crippen LogP contribution in [0.2, 0.25) is 0 Å². The summed E-state index contributed by atoms with van der Waals surface area (Å²) in [4.78, 5) is 11.3. The van der Waals surface area contributed by atoms with Crippen LogP contribution in [0.3, 0.4) is 0 Å². The van der Waals surface area contributed by atoms with Gasteiger partial charge in [-0.05, 0) is 94.7 Å². The van der Waals surface area contributed by atoms with Crippen LogP contribution in [0, 0.1) is 6.92 Å². The highest BCUT2D eigenvalue weighted by molar-refractivity contribution is 7.90. The van der Waals surface area contributed by atoms with Crippen LogP contribution in [0.1, 0.15) is 36.8 Å². The Hall–Kier alpha value is -3.10. The zero-order chi connectivity index (χ0) is 28.3. The van der Waals surface area contributed by atoms with Gasteiger partial charge in [-0.3, -0.25) is 0 Å². The van der Waals surface area contributed by atoms with E-state index in [1.165, 1.54) is 0 Å². The zero-order valence-corrected chi connectivity index (χ0v) is 24.2. The van der Waals surface area contributed by atoms with Gasteiger partial charge >= 0.3 is 0 Å². The summed E-state index contributed by atoms with van der Waals surface area (Å²) in [6.07, 6.45) is 4.75. The number of hydrogen-bond donors (Lipinski definition) is 4. The summed E-state index contributed by atoms with van der Waals surface area (Å²) in [5.41, 5.74) is 3.16. The third-order valence-electron chi connectivity index (χ3n) is 7.09. The largest absolute Gasteiger partial charge is 0.340 e. The van der Waals surface area contributed by atoms with Gasteiger partial charge in [0.2, 0.25) is 26.0 Å². The lowest BCUT2D eigenvalue weighted by Crippen LogP contribution is -2.43. The molecule has 2 fully saturated rings. The third-order valence-corrected chi connectivity index (χ3v) is 10.5. The molecule has 2 aromatic carbocycles. The summed E-state index contributed by atoms with van der Waals surface area (Å²) in [5.74, 6) is 0.973. The molecule has 0 spiro atoms. The molecule has 0 unspecified atom stereocenters. The van der Waals surface area contributed by atoms with E-state index in [0.29, 0.717) is 17.5 Å². The van der Waals surface area contributed by atoms with Gasteiger partial charge in [0.15, 0.2) is 0 Å². The summed E-state index contributed by atoms with van der Waals surface area (Å²) in [5, 5.41) is 6.16. The van der Waals surface area contributed by atoms with Gasteiger partial charge in [-0.25, -0.2) is 31.3 Å². The summed E-state index contributed by atoms with van der Waals surface area (Å²) >= 11 is 0. The fraction of sp³-hybridized carbons (Fsp3) is 0.407. The molecule has 1 saturated carbocycles. The van der Waals surface area contributed by atoms with E-state index < -0.39 is 20.0 Å². The van der Waals surface area contributed by atoms with Gasteiger partial charge in [-0.2, -0.15) is 4.98 Å². The first-order valence-corrected chi connectivity index (χ1v) is 16.4. The van der Waals surface area contributed by atoms with Crippen molar-refractivity contribution in [2.75, 3.05) is 30.8 Å². The Kier molecular flexibility index (Phi) is 8.38. The topological polar surface area (TPSA) is 145 Å². The Morgan fingerprint density at radius 2 is 1.50 bits per heavy atom. The van der Waals surface area contributed by atoms with E-state index in [-0.39, 0.29) is 22.7 Å². The number of rotatable bonds is 11. The molecule has 3 aromatic rings. The molecule has 0 radical (unpaired) electrons. The minimum absolute atomic E-state index is 0.0535. The van der Waals surface area contributed by atoms with E-state index in [0.717, 1.165) is 55.6 Å². The summed E-state index contributed by atoms with van der Waals surface area (Å²) in [6.45, 7) is 3.90. The van der Waals surface area contributed by atoms with Crippen molar-refractivity contribution in [2.45, 2.75) is 55.3 Å². The molecule has 4 N–H and O–H groups in total. The van der Waals surface area contributed by atoms with E-state index in [1.807, 2.05) is 38.2 Å². The molecular formula is C27H35N7O4S2. The highest BCUT2D eigenvalue weighted by atomic mass is 32.2. The highest BCUT2D eigenvalue weighted by Crippen LogP contribution is 2.28. The zero-order valence-electron chi connectivity index (χ0n) is 22.6. The Labute approximate surface area is 235 Å². The lowest BCUT2D eigenvalue weighted by atomic mass is 10.1. The predicted molar refractivity (Wildman–Crippen MR) is 156 cm³/mol. The third kappa shape index (κ3) is 7.34. The molecule has 5 rings (SSSR count). The molecule has 1 saturated heterocycles. The SMILES string of the molecule is Cc1cnc(Nc2ccc(S(=O)(=O)NC3CCN(C)CC3)cc2)nc1Nc1ccc(CNS(=O)(=O)C2CC2)cc1. The minimum Gasteiger partial charge on any atom is -0.340 e. The van der Waals surface area contributed by atoms with Crippen molar-refractivity contribution in [1.82, 2.24) is 24.3 Å². The van der Waals surface area contributed by atoms with Crippen LogP contribution in [0.15, 0.2) is 59.6 Å². The number of likely N-dealkylation sites (tertiary alicyclic amines) is 1. The summed E-state index contributed by atoms with van der Waals surface area (Å²) in [7, 11) is -4.78. The molecule has 0 bridgehead atoms. The van der Waals surface area contributed by atoms with Gasteiger partial charge in [-0.1, -0.05) is 12.1 Å². The van der Waals surface area contributed by atoms with Crippen molar-refractivity contribution in [3.63, 3.8) is 0 Å². The Balaban J connectivity index is 1.19. The number of anilines is 4. The molecule has 1 aliphatic heterocycles. The first kappa shape index (κ1) is 28.4. The molecule has 2 heterocycles. The second-order valence-electron chi connectivity index (χ2n) is 10.5. The molecule has 0 amide bonds. The number of sulfonamides is 2. The van der Waals surface area contributed by atoms with E-state index >= 15 is 0 Å². The first-order valence-electron chi connectivity index (χ1n) is 13.3. The number of benzene rings is 2. The predicted octanol–water partition coefficient (Wildman–Crippen LogP) is 3.23. The monoisotopic (exact) mass is 585 g/mol. The molecule has 1 aliphatic carbocycles. The van der Waals surface area contributed by atoms with Crippen molar-refractivity contribution in [1.29, 1.82) is 0 Å². The number of aryl methyl sites for hydroxylation is 1. The molecule has 0 atom stereocenters. The van der Waals surface area contributed by atoms with Crippen LogP contribution in [-0.4, -0.2) is 63.1 Å². The Morgan fingerprint density at radius 1 is 0.875 bits per heavy atom. The van der Waals surface area contributed by atoms with Crippen molar-refractivity contribution < 1.29 is 16.8 Å². The number of nitrogens with zero attached hydrogens (tertiary/aromatic N) is 3. The van der Waals surface area contributed by atoms with Crippen LogP contribution >= 0.6 is 0 Å². The maximum Gasteiger partial charge on any atom is 0.240 e. The standard InChI is InChI=1S/C27H35N7O4S2/c1-19-17-28-27(31-22-7-9-25(10-8-22)40(37,38)33-23-13-15-34(2)16-14-23)32-26(19)30-21-5-3-20(4-6-21)18-29-39(35,36)24-11-12-24/h3-10,17,23-24,29,33H,11-16,18H2,1-2H3,(H2,28,30,31,32). The molecule has 214 valence electrons. The number of hydrogen-bond acceptors (Lipinski definition) is 9. The lowest BCUT2D eigenvalue weighted by Gasteiger charge is -2.29. The van der Waals surface area contributed by atoms with Gasteiger partial charge in [-0.15, -0.1) is 0 Å². The van der Waals surface area contributed by atoms with E-state index in [9.17, 15) is 16.8 Å². The average Bonchev–Trinajstić information content (AvgIpc) is 3.79. The maximum atomic E-state index is 12.8. The van der Waals surface area contributed by atoms with Crippen LogP contribution in [0.4, 0.5) is 23.1 Å². The van der Waals surface area contributed by atoms with Gasteiger partial charge < -0.3 is 15.5 Å². The molecular weight excluding hydrogens is 550 g/mol. The van der Waals surface area contributed by atoms with Crippen molar-refractivity contribution >= 4 is 43.2 Å². The van der Waals surface area contributed by atoms with Gasteiger partial charge in [0.1, 0.15) is 5.82 Å². The fourth-order valence-electron chi connectivity index (χ4n) is 4.41. The van der Waals surface area contributed by atoms with Gasteiger partial charge in [0, 0.05) is 35.7 Å². The average molecular weight is 586 g/mol. The molecule has 40 heavy (non-hydrogen) atoms. The summed E-state index contributed by atoms with van der Waals surface area (Å²) in [6, 6.07) is 13.9. The maximum absolute atomic E-state index is 12.8. The fourth-order valence-corrected chi connectivity index (χ4v) is 7.08. The first-order chi connectivity index (χ1) is 19.1. The van der Waals surface area contributed by atoms with E-state index in [1.54, 1.807) is 30.5 Å². The molecule has 1 aromatic heterocycles. The normalized spacial score (nSPS) is 17.1. The number of nitrogens with one attached hydrogen (secondary N) is 4. The number of aromatic nitrogens is 2. The van der Waals surface area contributed by atoms with Crippen LogP contribution in [0.25, 0.3) is 0 Å². The Bertz CT molecular complexity index is 1530. The van der Waals surface area contributed by atoms with Crippen LogP contribution in [-0.2, 0) is 26.6 Å². The number of piperidine rings is 1. The van der Waals surface area contributed by atoms with Crippen molar-refractivity contribution in [3.05, 3.63) is 65.9 Å². The van der Waals surface area contributed by atoms with Gasteiger partial charge in [0.05, 0.1) is 10.1 Å². The summed E-state index contributed by atoms with van der Waals surface area (Å²) < 4.78 is 55.2. The minimum atomic E-state index is -3.60. The lowest BCUT2D eigenvalue weighted by molar-refractivity contribution is 0.248. The highest BCUT2D eigenvalue weighted by Gasteiger charge is 2.35.